The number of rotatable bonds is 11. The summed E-state index contributed by atoms with van der Waals surface area (Å²) < 4.78 is 14.7. The van der Waals surface area contributed by atoms with Gasteiger partial charge in [0, 0.05) is 20.2 Å². The van der Waals surface area contributed by atoms with Crippen molar-refractivity contribution in [3.8, 4) is 0 Å². The molecule has 0 atom stereocenters. The van der Waals surface area contributed by atoms with Gasteiger partial charge in [0.15, 0.2) is 5.78 Å². The molecule has 0 spiro atoms. The second kappa shape index (κ2) is 9.75. The van der Waals surface area contributed by atoms with Crippen LogP contribution in [0.25, 0.3) is 0 Å². The van der Waals surface area contributed by atoms with Crippen LogP contribution in [0.15, 0.2) is 0 Å². The van der Waals surface area contributed by atoms with Crippen molar-refractivity contribution < 1.29 is 23.8 Å². The van der Waals surface area contributed by atoms with Crippen molar-refractivity contribution in [3.05, 3.63) is 0 Å². The zero-order valence-electron chi connectivity index (χ0n) is 12.0. The SMILES string of the molecule is COCCN(CCOC(N)(N)N)CC(=O)OCC(C)=O. The van der Waals surface area contributed by atoms with Crippen molar-refractivity contribution >= 4 is 11.8 Å². The molecule has 0 aromatic heterocycles. The van der Waals surface area contributed by atoms with E-state index >= 15 is 0 Å². The van der Waals surface area contributed by atoms with E-state index in [0.717, 1.165) is 0 Å². The number of Topliss-reactive ketones (excluding diaryl/α,β-unsaturated/α-hetero) is 1. The lowest BCUT2D eigenvalue weighted by atomic mass is 10.4. The second-order valence-electron chi connectivity index (χ2n) is 4.33. The Labute approximate surface area is 118 Å². The number of ketones is 1. The zero-order valence-corrected chi connectivity index (χ0v) is 12.0. The summed E-state index contributed by atoms with van der Waals surface area (Å²) in [5.74, 6) is -2.43. The van der Waals surface area contributed by atoms with Gasteiger partial charge < -0.3 is 14.2 Å². The molecule has 9 nitrogen and oxygen atoms in total. The van der Waals surface area contributed by atoms with Crippen molar-refractivity contribution in [1.29, 1.82) is 0 Å². The fraction of sp³-hybridized carbons (Fsp3) is 0.818. The van der Waals surface area contributed by atoms with E-state index in [4.69, 9.17) is 31.4 Å². The van der Waals surface area contributed by atoms with Gasteiger partial charge in [-0.1, -0.05) is 0 Å². The Morgan fingerprint density at radius 2 is 1.75 bits per heavy atom. The molecule has 0 rings (SSSR count). The molecule has 118 valence electrons. The van der Waals surface area contributed by atoms with Crippen LogP contribution >= 0.6 is 0 Å². The van der Waals surface area contributed by atoms with Crippen molar-refractivity contribution in [2.75, 3.05) is 46.6 Å². The van der Waals surface area contributed by atoms with Crippen LogP contribution in [0.1, 0.15) is 6.92 Å². The van der Waals surface area contributed by atoms with E-state index in [9.17, 15) is 9.59 Å². The standard InChI is InChI=1S/C11H24N4O5/c1-9(16)8-19-10(17)7-15(3-5-18-2)4-6-20-11(12,13)14/h3-8,12-14H2,1-2H3. The number of hydrogen-bond acceptors (Lipinski definition) is 9. The van der Waals surface area contributed by atoms with Crippen molar-refractivity contribution in [2.24, 2.45) is 17.2 Å². The first-order valence-electron chi connectivity index (χ1n) is 6.11. The fourth-order valence-electron chi connectivity index (χ4n) is 1.25. The molecular weight excluding hydrogens is 268 g/mol. The Bertz CT molecular complexity index is 306. The lowest BCUT2D eigenvalue weighted by Crippen LogP contribution is -2.60. The van der Waals surface area contributed by atoms with Gasteiger partial charge in [-0.3, -0.25) is 31.7 Å². The minimum Gasteiger partial charge on any atom is -0.457 e. The highest BCUT2D eigenvalue weighted by molar-refractivity contribution is 5.80. The number of carbonyl (C=O) groups excluding carboxylic acids is 2. The van der Waals surface area contributed by atoms with Crippen LogP contribution in [0.3, 0.4) is 0 Å². The highest BCUT2D eigenvalue weighted by atomic mass is 16.5. The molecule has 0 aromatic carbocycles. The summed E-state index contributed by atoms with van der Waals surface area (Å²) in [4.78, 5) is 23.9. The number of nitrogens with two attached hydrogens (primary N) is 3. The summed E-state index contributed by atoms with van der Waals surface area (Å²) in [6.45, 7) is 2.55. The Hall–Kier alpha value is -1.10. The zero-order chi connectivity index (χ0) is 15.6. The molecule has 0 aliphatic carbocycles. The van der Waals surface area contributed by atoms with Crippen LogP contribution in [0, 0.1) is 0 Å². The number of carbonyl (C=O) groups is 2. The predicted octanol–water partition coefficient (Wildman–Crippen LogP) is -2.43. The molecule has 0 aliphatic rings. The normalized spacial score (nSPS) is 11.7. The summed E-state index contributed by atoms with van der Waals surface area (Å²) in [6.07, 6.45) is 0. The van der Waals surface area contributed by atoms with E-state index in [-0.39, 0.29) is 25.5 Å². The molecule has 0 saturated heterocycles. The van der Waals surface area contributed by atoms with Gasteiger partial charge in [0.1, 0.15) is 6.61 Å². The van der Waals surface area contributed by atoms with Gasteiger partial charge in [0.2, 0.25) is 5.97 Å². The van der Waals surface area contributed by atoms with Crippen molar-refractivity contribution in [2.45, 2.75) is 12.9 Å². The molecule has 6 N–H and O–H groups in total. The number of hydrogen-bond donors (Lipinski definition) is 3. The molecule has 0 heterocycles. The van der Waals surface area contributed by atoms with E-state index < -0.39 is 11.9 Å². The molecule has 0 aliphatic heterocycles. The number of ether oxygens (including phenoxy) is 3. The van der Waals surface area contributed by atoms with Crippen LogP contribution in [0.5, 0.6) is 0 Å². The van der Waals surface area contributed by atoms with E-state index in [1.54, 1.807) is 12.0 Å². The third-order valence-electron chi connectivity index (χ3n) is 2.16. The molecule has 0 radical (unpaired) electrons. The van der Waals surface area contributed by atoms with Crippen LogP contribution in [-0.2, 0) is 23.8 Å². The fourth-order valence-corrected chi connectivity index (χ4v) is 1.25. The largest absolute Gasteiger partial charge is 0.457 e. The summed E-state index contributed by atoms with van der Waals surface area (Å²) in [5.41, 5.74) is 15.8. The molecule has 20 heavy (non-hydrogen) atoms. The molecular formula is C11H24N4O5. The van der Waals surface area contributed by atoms with Crippen LogP contribution in [-0.4, -0.2) is 69.2 Å². The van der Waals surface area contributed by atoms with Gasteiger partial charge in [0.05, 0.1) is 19.8 Å². The number of esters is 1. The van der Waals surface area contributed by atoms with Crippen LogP contribution in [0.2, 0.25) is 0 Å². The first kappa shape index (κ1) is 18.9. The summed E-state index contributed by atoms with van der Waals surface area (Å²) in [6, 6.07) is 0. The first-order valence-corrected chi connectivity index (χ1v) is 6.11. The molecule has 0 saturated carbocycles. The van der Waals surface area contributed by atoms with E-state index in [1.165, 1.54) is 6.92 Å². The Kier molecular flexibility index (Phi) is 9.21. The maximum absolute atomic E-state index is 11.5. The maximum Gasteiger partial charge on any atom is 0.320 e. The smallest absolute Gasteiger partial charge is 0.320 e. The number of methoxy groups -OCH3 is 1. The summed E-state index contributed by atoms with van der Waals surface area (Å²) >= 11 is 0. The van der Waals surface area contributed by atoms with Gasteiger partial charge >= 0.3 is 5.97 Å². The minimum atomic E-state index is -1.71. The topological polar surface area (TPSA) is 143 Å². The lowest BCUT2D eigenvalue weighted by molar-refractivity contribution is -0.149. The van der Waals surface area contributed by atoms with Crippen LogP contribution in [0.4, 0.5) is 0 Å². The monoisotopic (exact) mass is 292 g/mol. The highest BCUT2D eigenvalue weighted by Gasteiger charge is 2.15. The molecule has 0 bridgehead atoms. The summed E-state index contributed by atoms with van der Waals surface area (Å²) in [7, 11) is 1.55. The van der Waals surface area contributed by atoms with Gasteiger partial charge in [0.25, 0.3) is 0 Å². The lowest BCUT2D eigenvalue weighted by Gasteiger charge is -2.24. The quantitative estimate of drug-likeness (QED) is 0.280. The minimum absolute atomic E-state index is 0.00666. The van der Waals surface area contributed by atoms with Crippen molar-refractivity contribution in [3.63, 3.8) is 0 Å². The predicted molar refractivity (Wildman–Crippen MR) is 71.2 cm³/mol. The third kappa shape index (κ3) is 12.0. The molecule has 0 unspecified atom stereocenters. The van der Waals surface area contributed by atoms with E-state index in [2.05, 4.69) is 0 Å². The van der Waals surface area contributed by atoms with Gasteiger partial charge in [-0.25, -0.2) is 0 Å². The van der Waals surface area contributed by atoms with Gasteiger partial charge in [-0.05, 0) is 6.92 Å². The Morgan fingerprint density at radius 3 is 2.25 bits per heavy atom. The Balaban J connectivity index is 4.12. The molecule has 9 heteroatoms. The van der Waals surface area contributed by atoms with Crippen molar-refractivity contribution in [1.82, 2.24) is 4.90 Å². The molecule has 0 aromatic rings. The first-order chi connectivity index (χ1) is 9.24. The Morgan fingerprint density at radius 1 is 1.15 bits per heavy atom. The van der Waals surface area contributed by atoms with Gasteiger partial charge in [-0.15, -0.1) is 0 Å². The van der Waals surface area contributed by atoms with E-state index in [0.29, 0.717) is 19.7 Å². The average molecular weight is 292 g/mol. The molecule has 0 amide bonds. The average Bonchev–Trinajstić information content (AvgIpc) is 2.31. The second-order valence-corrected chi connectivity index (χ2v) is 4.33. The maximum atomic E-state index is 11.5. The highest BCUT2D eigenvalue weighted by Crippen LogP contribution is 1.94. The van der Waals surface area contributed by atoms with Crippen LogP contribution < -0.4 is 17.2 Å². The third-order valence-corrected chi connectivity index (χ3v) is 2.16. The number of nitrogens with zero attached hydrogens (tertiary/aromatic N) is 1. The molecule has 0 fully saturated rings. The van der Waals surface area contributed by atoms with E-state index in [1.807, 2.05) is 0 Å². The summed E-state index contributed by atoms with van der Waals surface area (Å²) in [5, 5.41) is 0. The van der Waals surface area contributed by atoms with Gasteiger partial charge in [-0.2, -0.15) is 0 Å².